The molecule has 0 saturated heterocycles. The van der Waals surface area contributed by atoms with Crippen molar-refractivity contribution >= 4 is 11.7 Å². The second-order valence-electron chi connectivity index (χ2n) is 4.23. The summed E-state index contributed by atoms with van der Waals surface area (Å²) < 4.78 is 0. The average molecular weight is 217 g/mol. The third kappa shape index (κ3) is 1.98. The summed E-state index contributed by atoms with van der Waals surface area (Å²) in [5.41, 5.74) is 3.12. The lowest BCUT2D eigenvalue weighted by molar-refractivity contribution is -0.129. The van der Waals surface area contributed by atoms with Crippen LogP contribution in [0.4, 0.5) is 0 Å². The molecule has 0 N–H and O–H groups in total. The van der Waals surface area contributed by atoms with Crippen LogP contribution in [0.5, 0.6) is 0 Å². The van der Waals surface area contributed by atoms with Crippen molar-refractivity contribution < 1.29 is 9.59 Å². The van der Waals surface area contributed by atoms with Crippen molar-refractivity contribution in [3.63, 3.8) is 0 Å². The Labute approximate surface area is 95.1 Å². The number of carbonyl (C=O) groups excluding carboxylic acids is 2. The van der Waals surface area contributed by atoms with Gasteiger partial charge in [0, 0.05) is 25.6 Å². The SMILES string of the molecule is CC(=O)c1ccc2c(c1)CCN(C(C)=O)C2. The minimum Gasteiger partial charge on any atom is -0.338 e. The summed E-state index contributed by atoms with van der Waals surface area (Å²) in [5.74, 6) is 0.207. The third-order valence-corrected chi connectivity index (χ3v) is 3.07. The number of fused-ring (bicyclic) bond motifs is 1. The normalized spacial score (nSPS) is 14.5. The van der Waals surface area contributed by atoms with Crippen molar-refractivity contribution in [3.05, 3.63) is 34.9 Å². The molecule has 0 aliphatic carbocycles. The predicted octanol–water partition coefficient (Wildman–Crippen LogP) is 1.79. The fraction of sp³-hybridized carbons (Fsp3) is 0.385. The molecule has 0 atom stereocenters. The average Bonchev–Trinajstić information content (AvgIpc) is 2.27. The molecule has 0 fully saturated rings. The van der Waals surface area contributed by atoms with Crippen LogP contribution in [-0.2, 0) is 17.8 Å². The van der Waals surface area contributed by atoms with Gasteiger partial charge in [-0.25, -0.2) is 0 Å². The largest absolute Gasteiger partial charge is 0.338 e. The van der Waals surface area contributed by atoms with Crippen LogP contribution in [0.15, 0.2) is 18.2 Å². The van der Waals surface area contributed by atoms with E-state index in [9.17, 15) is 9.59 Å². The number of rotatable bonds is 1. The number of nitrogens with zero attached hydrogens (tertiary/aromatic N) is 1. The third-order valence-electron chi connectivity index (χ3n) is 3.07. The molecular formula is C13H15NO2. The predicted molar refractivity (Wildman–Crippen MR) is 61.2 cm³/mol. The minimum atomic E-state index is 0.0943. The van der Waals surface area contributed by atoms with Gasteiger partial charge in [-0.1, -0.05) is 12.1 Å². The number of benzene rings is 1. The molecule has 0 spiro atoms. The highest BCUT2D eigenvalue weighted by atomic mass is 16.2. The van der Waals surface area contributed by atoms with Crippen LogP contribution in [0.2, 0.25) is 0 Å². The molecule has 0 aromatic heterocycles. The van der Waals surface area contributed by atoms with Crippen LogP contribution < -0.4 is 0 Å². The summed E-state index contributed by atoms with van der Waals surface area (Å²) in [7, 11) is 0. The van der Waals surface area contributed by atoms with E-state index in [-0.39, 0.29) is 11.7 Å². The number of hydrogen-bond donors (Lipinski definition) is 0. The molecule has 1 amide bonds. The Morgan fingerprint density at radius 2 is 1.94 bits per heavy atom. The molecular weight excluding hydrogens is 202 g/mol. The van der Waals surface area contributed by atoms with E-state index >= 15 is 0 Å². The van der Waals surface area contributed by atoms with E-state index in [1.54, 1.807) is 13.8 Å². The molecule has 16 heavy (non-hydrogen) atoms. The Morgan fingerprint density at radius 3 is 2.56 bits per heavy atom. The molecule has 1 aromatic carbocycles. The van der Waals surface area contributed by atoms with E-state index in [1.807, 2.05) is 23.1 Å². The molecule has 1 aliphatic rings. The number of Topliss-reactive ketones (excluding diaryl/α,β-unsaturated/α-hetero) is 1. The van der Waals surface area contributed by atoms with Crippen LogP contribution in [0, 0.1) is 0 Å². The first kappa shape index (κ1) is 10.9. The van der Waals surface area contributed by atoms with E-state index in [2.05, 4.69) is 0 Å². The zero-order valence-corrected chi connectivity index (χ0v) is 9.62. The van der Waals surface area contributed by atoms with Crippen LogP contribution in [0.1, 0.15) is 35.3 Å². The van der Waals surface area contributed by atoms with E-state index in [1.165, 1.54) is 5.56 Å². The molecule has 0 unspecified atom stereocenters. The maximum absolute atomic E-state index is 11.3. The van der Waals surface area contributed by atoms with Gasteiger partial charge in [0.15, 0.2) is 5.78 Å². The van der Waals surface area contributed by atoms with Crippen molar-refractivity contribution in [3.8, 4) is 0 Å². The fourth-order valence-corrected chi connectivity index (χ4v) is 2.04. The first-order valence-electron chi connectivity index (χ1n) is 5.46. The Hall–Kier alpha value is -1.64. The maximum atomic E-state index is 11.3. The van der Waals surface area contributed by atoms with Crippen molar-refractivity contribution in [1.82, 2.24) is 4.90 Å². The summed E-state index contributed by atoms with van der Waals surface area (Å²) in [5, 5.41) is 0. The lowest BCUT2D eigenvalue weighted by atomic mass is 9.96. The van der Waals surface area contributed by atoms with Crippen LogP contribution in [0.25, 0.3) is 0 Å². The summed E-state index contributed by atoms with van der Waals surface area (Å²) in [4.78, 5) is 24.3. The van der Waals surface area contributed by atoms with Crippen LogP contribution in [0.3, 0.4) is 0 Å². The van der Waals surface area contributed by atoms with Gasteiger partial charge in [-0.05, 0) is 30.5 Å². The van der Waals surface area contributed by atoms with E-state index in [0.717, 1.165) is 24.1 Å². The smallest absolute Gasteiger partial charge is 0.219 e. The van der Waals surface area contributed by atoms with Gasteiger partial charge in [0.2, 0.25) is 5.91 Å². The van der Waals surface area contributed by atoms with Crippen LogP contribution in [-0.4, -0.2) is 23.1 Å². The molecule has 84 valence electrons. The van der Waals surface area contributed by atoms with Gasteiger partial charge in [0.1, 0.15) is 0 Å². The maximum Gasteiger partial charge on any atom is 0.219 e. The number of amides is 1. The molecule has 0 bridgehead atoms. The first-order valence-corrected chi connectivity index (χ1v) is 5.46. The molecule has 1 aromatic rings. The Kier molecular flexibility index (Phi) is 2.77. The molecule has 0 radical (unpaired) electrons. The topological polar surface area (TPSA) is 37.4 Å². The van der Waals surface area contributed by atoms with E-state index in [0.29, 0.717) is 6.54 Å². The lowest BCUT2D eigenvalue weighted by Gasteiger charge is -2.28. The van der Waals surface area contributed by atoms with Crippen molar-refractivity contribution in [2.75, 3.05) is 6.54 Å². The van der Waals surface area contributed by atoms with Gasteiger partial charge >= 0.3 is 0 Å². The molecule has 0 saturated carbocycles. The monoisotopic (exact) mass is 217 g/mol. The van der Waals surface area contributed by atoms with Crippen molar-refractivity contribution in [1.29, 1.82) is 0 Å². The minimum absolute atomic E-state index is 0.0943. The highest BCUT2D eigenvalue weighted by molar-refractivity contribution is 5.94. The molecule has 3 nitrogen and oxygen atoms in total. The van der Waals surface area contributed by atoms with Gasteiger partial charge in [0.05, 0.1) is 0 Å². The molecule has 1 aliphatic heterocycles. The summed E-state index contributed by atoms with van der Waals surface area (Å²) >= 11 is 0. The summed E-state index contributed by atoms with van der Waals surface area (Å²) in [6, 6.07) is 5.75. The first-order chi connectivity index (χ1) is 7.58. The quantitative estimate of drug-likeness (QED) is 0.672. The number of ketones is 1. The summed E-state index contributed by atoms with van der Waals surface area (Å²) in [6.45, 7) is 4.59. The van der Waals surface area contributed by atoms with Gasteiger partial charge in [-0.2, -0.15) is 0 Å². The fourth-order valence-electron chi connectivity index (χ4n) is 2.04. The number of carbonyl (C=O) groups is 2. The zero-order chi connectivity index (χ0) is 11.7. The number of hydrogen-bond acceptors (Lipinski definition) is 2. The second-order valence-corrected chi connectivity index (χ2v) is 4.23. The Morgan fingerprint density at radius 1 is 1.19 bits per heavy atom. The Balaban J connectivity index is 2.29. The summed E-state index contributed by atoms with van der Waals surface area (Å²) in [6.07, 6.45) is 0.843. The highest BCUT2D eigenvalue weighted by Crippen LogP contribution is 2.20. The van der Waals surface area contributed by atoms with Crippen molar-refractivity contribution in [2.24, 2.45) is 0 Å². The van der Waals surface area contributed by atoms with Crippen LogP contribution >= 0.6 is 0 Å². The van der Waals surface area contributed by atoms with Gasteiger partial charge in [-0.15, -0.1) is 0 Å². The van der Waals surface area contributed by atoms with Gasteiger partial charge in [0.25, 0.3) is 0 Å². The molecule has 2 rings (SSSR count). The molecule has 1 heterocycles. The van der Waals surface area contributed by atoms with E-state index in [4.69, 9.17) is 0 Å². The highest BCUT2D eigenvalue weighted by Gasteiger charge is 2.18. The second kappa shape index (κ2) is 4.08. The molecule has 3 heteroatoms. The standard InChI is InChI=1S/C13H15NO2/c1-9(15)11-3-4-13-8-14(10(2)16)6-5-12(13)7-11/h3-4,7H,5-6,8H2,1-2H3. The van der Waals surface area contributed by atoms with Gasteiger partial charge in [-0.3, -0.25) is 9.59 Å². The van der Waals surface area contributed by atoms with Crippen molar-refractivity contribution in [2.45, 2.75) is 26.8 Å². The van der Waals surface area contributed by atoms with E-state index < -0.39 is 0 Å². The Bertz CT molecular complexity index is 451. The van der Waals surface area contributed by atoms with Gasteiger partial charge < -0.3 is 4.90 Å². The lowest BCUT2D eigenvalue weighted by Crippen LogP contribution is -2.34. The zero-order valence-electron chi connectivity index (χ0n) is 9.62.